The Labute approximate surface area is 104 Å². The van der Waals surface area contributed by atoms with E-state index in [1.807, 2.05) is 0 Å². The molecular weight excluding hydrogens is 242 g/mol. The van der Waals surface area contributed by atoms with Gasteiger partial charge in [0.25, 0.3) is 0 Å². The fraction of sp³-hybridized carbons (Fsp3) is 0.273. The fourth-order valence-corrected chi connectivity index (χ4v) is 2.43. The Morgan fingerprint density at radius 2 is 2.44 bits per heavy atom. The number of thiophene rings is 1. The van der Waals surface area contributed by atoms with Gasteiger partial charge in [-0.25, -0.2) is 9.97 Å². The van der Waals surface area contributed by atoms with Crippen molar-refractivity contribution in [2.24, 2.45) is 0 Å². The second kappa shape index (κ2) is 5.27. The molecule has 2 aromatic heterocycles. The lowest BCUT2D eigenvalue weighted by atomic mass is 10.2. The second-order valence-electron chi connectivity index (χ2n) is 3.55. The van der Waals surface area contributed by atoms with Gasteiger partial charge in [-0.3, -0.25) is 0 Å². The van der Waals surface area contributed by atoms with Crippen LogP contribution in [0.4, 0.5) is 5.82 Å². The third kappa shape index (κ3) is 2.93. The van der Waals surface area contributed by atoms with Gasteiger partial charge in [0, 0.05) is 17.3 Å². The highest BCUT2D eigenvalue weighted by atomic mass is 35.5. The fourth-order valence-electron chi connectivity index (χ4n) is 1.43. The van der Waals surface area contributed by atoms with E-state index in [0.717, 1.165) is 6.42 Å². The van der Waals surface area contributed by atoms with Crippen LogP contribution in [0.1, 0.15) is 11.8 Å². The van der Waals surface area contributed by atoms with Crippen molar-refractivity contribution in [2.75, 3.05) is 5.32 Å². The quantitative estimate of drug-likeness (QED) is 0.909. The number of hydrogen-bond acceptors (Lipinski definition) is 4. The molecule has 0 aromatic carbocycles. The summed E-state index contributed by atoms with van der Waals surface area (Å²) in [4.78, 5) is 9.30. The molecule has 2 rings (SSSR count). The van der Waals surface area contributed by atoms with Crippen LogP contribution in [0.25, 0.3) is 0 Å². The van der Waals surface area contributed by atoms with E-state index in [9.17, 15) is 0 Å². The van der Waals surface area contributed by atoms with Gasteiger partial charge in [-0.15, -0.1) is 11.3 Å². The zero-order valence-corrected chi connectivity index (χ0v) is 10.4. The van der Waals surface area contributed by atoms with Crippen molar-refractivity contribution < 1.29 is 0 Å². The molecule has 1 N–H and O–H groups in total. The summed E-state index contributed by atoms with van der Waals surface area (Å²) in [5, 5.41) is 5.91. The monoisotopic (exact) mass is 253 g/mol. The van der Waals surface area contributed by atoms with E-state index in [4.69, 9.17) is 11.6 Å². The van der Waals surface area contributed by atoms with Gasteiger partial charge in [0.1, 0.15) is 17.2 Å². The highest BCUT2D eigenvalue weighted by Gasteiger charge is 2.07. The van der Waals surface area contributed by atoms with E-state index in [-0.39, 0.29) is 0 Å². The molecule has 0 radical (unpaired) electrons. The summed E-state index contributed by atoms with van der Waals surface area (Å²) >= 11 is 7.73. The van der Waals surface area contributed by atoms with Crippen molar-refractivity contribution in [3.05, 3.63) is 39.9 Å². The molecule has 16 heavy (non-hydrogen) atoms. The summed E-state index contributed by atoms with van der Waals surface area (Å²) in [6.45, 7) is 2.11. The third-order valence-electron chi connectivity index (χ3n) is 2.14. The van der Waals surface area contributed by atoms with E-state index in [2.05, 4.69) is 39.7 Å². The molecule has 0 spiro atoms. The molecule has 3 nitrogen and oxygen atoms in total. The summed E-state index contributed by atoms with van der Waals surface area (Å²) < 4.78 is 0. The summed E-state index contributed by atoms with van der Waals surface area (Å²) in [6, 6.07) is 4.49. The normalized spacial score (nSPS) is 12.4. The molecule has 0 aliphatic carbocycles. The lowest BCUT2D eigenvalue weighted by Gasteiger charge is -2.13. The van der Waals surface area contributed by atoms with E-state index < -0.39 is 0 Å². The van der Waals surface area contributed by atoms with Crippen LogP contribution in [0.3, 0.4) is 0 Å². The predicted molar refractivity (Wildman–Crippen MR) is 68.1 cm³/mol. The Bertz CT molecular complexity index is 444. The van der Waals surface area contributed by atoms with Crippen molar-refractivity contribution in [3.8, 4) is 0 Å². The van der Waals surface area contributed by atoms with Crippen LogP contribution in [0.2, 0.25) is 5.02 Å². The summed E-state index contributed by atoms with van der Waals surface area (Å²) in [6.07, 6.45) is 4.05. The Morgan fingerprint density at radius 1 is 1.56 bits per heavy atom. The molecule has 0 fully saturated rings. The van der Waals surface area contributed by atoms with Crippen molar-refractivity contribution in [3.63, 3.8) is 0 Å². The van der Waals surface area contributed by atoms with Gasteiger partial charge >= 0.3 is 0 Å². The Morgan fingerprint density at radius 3 is 3.12 bits per heavy atom. The molecular formula is C11H12ClN3S. The van der Waals surface area contributed by atoms with Crippen LogP contribution < -0.4 is 5.32 Å². The van der Waals surface area contributed by atoms with Gasteiger partial charge in [0.15, 0.2) is 0 Å². The van der Waals surface area contributed by atoms with Gasteiger partial charge < -0.3 is 5.32 Å². The van der Waals surface area contributed by atoms with E-state index in [0.29, 0.717) is 16.9 Å². The van der Waals surface area contributed by atoms with Crippen LogP contribution in [-0.2, 0) is 6.42 Å². The van der Waals surface area contributed by atoms with E-state index in [1.54, 1.807) is 17.5 Å². The topological polar surface area (TPSA) is 37.8 Å². The summed E-state index contributed by atoms with van der Waals surface area (Å²) in [5.74, 6) is 0.695. The highest BCUT2D eigenvalue weighted by Crippen LogP contribution is 2.19. The number of halogens is 1. The maximum atomic E-state index is 5.97. The number of aromatic nitrogens is 2. The molecule has 0 saturated heterocycles. The zero-order chi connectivity index (χ0) is 11.4. The Kier molecular flexibility index (Phi) is 3.74. The summed E-state index contributed by atoms with van der Waals surface area (Å²) in [5.41, 5.74) is 0. The van der Waals surface area contributed by atoms with Gasteiger partial charge in [-0.1, -0.05) is 17.7 Å². The van der Waals surface area contributed by atoms with E-state index >= 15 is 0 Å². The molecule has 1 unspecified atom stereocenters. The molecule has 1 atom stereocenters. The number of hydrogen-bond donors (Lipinski definition) is 1. The molecule has 0 saturated carbocycles. The molecule has 0 aliphatic heterocycles. The number of anilines is 1. The Balaban J connectivity index is 1.97. The van der Waals surface area contributed by atoms with Crippen LogP contribution in [0, 0.1) is 0 Å². The van der Waals surface area contributed by atoms with Gasteiger partial charge in [0.2, 0.25) is 0 Å². The number of rotatable bonds is 4. The molecule has 0 aliphatic rings. The first-order chi connectivity index (χ1) is 7.75. The minimum absolute atomic E-state index is 0.297. The van der Waals surface area contributed by atoms with Crippen molar-refractivity contribution in [2.45, 2.75) is 19.4 Å². The average molecular weight is 254 g/mol. The molecule has 0 amide bonds. The minimum atomic E-state index is 0.297. The SMILES string of the molecule is CC(Cc1cccs1)Nc1ncncc1Cl. The van der Waals surface area contributed by atoms with Gasteiger partial charge in [-0.05, 0) is 18.4 Å². The Hall–Kier alpha value is -1.13. The molecule has 84 valence electrons. The average Bonchev–Trinajstić information content (AvgIpc) is 2.74. The first-order valence-electron chi connectivity index (χ1n) is 5.00. The largest absolute Gasteiger partial charge is 0.366 e. The smallest absolute Gasteiger partial charge is 0.148 e. The molecule has 2 aromatic rings. The minimum Gasteiger partial charge on any atom is -0.366 e. The predicted octanol–water partition coefficient (Wildman–Crippen LogP) is 3.23. The standard InChI is InChI=1S/C11H12ClN3S/c1-8(5-9-3-2-4-16-9)15-11-10(12)6-13-7-14-11/h2-4,6-8H,5H2,1H3,(H,13,14,15). The lowest BCUT2D eigenvalue weighted by molar-refractivity contribution is 0.793. The van der Waals surface area contributed by atoms with Crippen molar-refractivity contribution in [1.82, 2.24) is 9.97 Å². The molecule has 5 heteroatoms. The van der Waals surface area contributed by atoms with Crippen LogP contribution >= 0.6 is 22.9 Å². The molecule has 0 bridgehead atoms. The lowest BCUT2D eigenvalue weighted by Crippen LogP contribution is -2.18. The van der Waals surface area contributed by atoms with Crippen LogP contribution in [-0.4, -0.2) is 16.0 Å². The first kappa shape index (κ1) is 11.4. The van der Waals surface area contributed by atoms with E-state index in [1.165, 1.54) is 11.2 Å². The maximum absolute atomic E-state index is 5.97. The molecule has 2 heterocycles. The third-order valence-corrected chi connectivity index (χ3v) is 3.31. The zero-order valence-electron chi connectivity index (χ0n) is 8.85. The van der Waals surface area contributed by atoms with Crippen molar-refractivity contribution >= 4 is 28.8 Å². The van der Waals surface area contributed by atoms with Crippen LogP contribution in [0.5, 0.6) is 0 Å². The first-order valence-corrected chi connectivity index (χ1v) is 6.26. The van der Waals surface area contributed by atoms with Crippen LogP contribution in [0.15, 0.2) is 30.0 Å². The maximum Gasteiger partial charge on any atom is 0.148 e. The summed E-state index contributed by atoms with van der Waals surface area (Å²) in [7, 11) is 0. The van der Waals surface area contributed by atoms with Gasteiger partial charge in [-0.2, -0.15) is 0 Å². The number of nitrogens with zero attached hydrogens (tertiary/aromatic N) is 2. The second-order valence-corrected chi connectivity index (χ2v) is 4.99. The highest BCUT2D eigenvalue weighted by molar-refractivity contribution is 7.09. The number of nitrogens with one attached hydrogen (secondary N) is 1. The van der Waals surface area contributed by atoms with Crippen molar-refractivity contribution in [1.29, 1.82) is 0 Å². The van der Waals surface area contributed by atoms with Gasteiger partial charge in [0.05, 0.1) is 6.20 Å².